The number of phenolic OH excluding ortho intramolecular Hbond substituents is 1. The molecule has 32 heavy (non-hydrogen) atoms. The Balaban J connectivity index is 1.85. The zero-order valence-corrected chi connectivity index (χ0v) is 19.4. The number of benzene rings is 3. The van der Waals surface area contributed by atoms with Gasteiger partial charge in [0.05, 0.1) is 23.4 Å². The van der Waals surface area contributed by atoms with Gasteiger partial charge in [0.25, 0.3) is 5.91 Å². The van der Waals surface area contributed by atoms with Crippen LogP contribution in [0.4, 0.5) is 11.4 Å². The number of phenols is 1. The lowest BCUT2D eigenvalue weighted by molar-refractivity contribution is -0.113. The van der Waals surface area contributed by atoms with E-state index in [0.29, 0.717) is 20.7 Å². The number of aryl methyl sites for hydroxylation is 2. The highest BCUT2D eigenvalue weighted by molar-refractivity contribution is 8.19. The fraction of sp³-hybridized carbons (Fsp3) is 0.120. The van der Waals surface area contributed by atoms with Crippen molar-refractivity contribution in [1.29, 1.82) is 0 Å². The number of methoxy groups -OCH3 is 1. The van der Waals surface area contributed by atoms with Gasteiger partial charge in [-0.1, -0.05) is 48.0 Å². The minimum Gasteiger partial charge on any atom is -0.504 e. The first-order chi connectivity index (χ1) is 15.4. The van der Waals surface area contributed by atoms with E-state index in [9.17, 15) is 9.90 Å². The van der Waals surface area contributed by atoms with Crippen molar-refractivity contribution in [2.24, 2.45) is 4.99 Å². The predicted octanol–water partition coefficient (Wildman–Crippen LogP) is 6.48. The van der Waals surface area contributed by atoms with Crippen LogP contribution in [-0.4, -0.2) is 23.3 Å². The Morgan fingerprint density at radius 2 is 1.75 bits per heavy atom. The molecule has 0 unspecified atom stereocenters. The fourth-order valence-corrected chi connectivity index (χ4v) is 4.56. The Hall–Kier alpha value is -3.22. The van der Waals surface area contributed by atoms with Gasteiger partial charge in [-0.15, -0.1) is 0 Å². The number of nitrogens with zero attached hydrogens (tertiary/aromatic N) is 2. The predicted molar refractivity (Wildman–Crippen MR) is 132 cm³/mol. The highest BCUT2D eigenvalue weighted by atomic mass is 35.5. The van der Waals surface area contributed by atoms with Gasteiger partial charge in [-0.3, -0.25) is 9.69 Å². The van der Waals surface area contributed by atoms with E-state index in [1.165, 1.54) is 24.9 Å². The van der Waals surface area contributed by atoms with Crippen LogP contribution in [-0.2, 0) is 4.79 Å². The summed E-state index contributed by atoms with van der Waals surface area (Å²) in [5.74, 6) is -0.0659. The number of anilines is 1. The van der Waals surface area contributed by atoms with E-state index in [4.69, 9.17) is 21.3 Å². The van der Waals surface area contributed by atoms with Crippen LogP contribution in [0.1, 0.15) is 16.7 Å². The number of ether oxygens (including phenoxy) is 1. The maximum absolute atomic E-state index is 13.5. The molecule has 0 aromatic heterocycles. The largest absolute Gasteiger partial charge is 0.504 e. The van der Waals surface area contributed by atoms with Gasteiger partial charge in [0, 0.05) is 16.7 Å². The molecule has 0 radical (unpaired) electrons. The number of rotatable bonds is 4. The number of aromatic hydroxyl groups is 1. The molecule has 0 spiro atoms. The van der Waals surface area contributed by atoms with E-state index in [2.05, 4.69) is 0 Å². The molecule has 7 heteroatoms. The summed E-state index contributed by atoms with van der Waals surface area (Å²) in [5, 5.41) is 11.5. The molecule has 1 aliphatic heterocycles. The quantitative estimate of drug-likeness (QED) is 0.449. The summed E-state index contributed by atoms with van der Waals surface area (Å²) in [6.07, 6.45) is 1.61. The van der Waals surface area contributed by atoms with E-state index in [1.807, 2.05) is 62.4 Å². The molecule has 1 heterocycles. The summed E-state index contributed by atoms with van der Waals surface area (Å²) < 4.78 is 5.19. The van der Waals surface area contributed by atoms with Crippen molar-refractivity contribution in [3.63, 3.8) is 0 Å². The van der Waals surface area contributed by atoms with Gasteiger partial charge in [-0.2, -0.15) is 0 Å². The molecule has 1 saturated heterocycles. The molecule has 162 valence electrons. The summed E-state index contributed by atoms with van der Waals surface area (Å²) in [5.41, 5.74) is 3.90. The number of amidine groups is 1. The molecule has 3 aromatic rings. The smallest absolute Gasteiger partial charge is 0.271 e. The Labute approximate surface area is 196 Å². The van der Waals surface area contributed by atoms with E-state index in [1.54, 1.807) is 17.0 Å². The first-order valence-electron chi connectivity index (χ1n) is 9.89. The molecule has 4 rings (SSSR count). The van der Waals surface area contributed by atoms with E-state index in [-0.39, 0.29) is 17.4 Å². The number of aliphatic imine (C=N–C) groups is 1. The topological polar surface area (TPSA) is 62.1 Å². The number of carbonyl (C=O) groups is 1. The van der Waals surface area contributed by atoms with Crippen molar-refractivity contribution in [3.05, 3.63) is 87.3 Å². The summed E-state index contributed by atoms with van der Waals surface area (Å²) in [6.45, 7) is 3.93. The van der Waals surface area contributed by atoms with E-state index in [0.717, 1.165) is 22.5 Å². The molecular formula is C25H21ClN2O3S. The van der Waals surface area contributed by atoms with Crippen LogP contribution in [0.15, 0.2) is 70.6 Å². The van der Waals surface area contributed by atoms with E-state index < -0.39 is 0 Å². The summed E-state index contributed by atoms with van der Waals surface area (Å²) in [7, 11) is 1.45. The SMILES string of the molecule is COc1cc(Cl)cc(/C=C2/SC(=Nc3ccccc3C)N(c3ccccc3C)C2=O)c1O. The first kappa shape index (κ1) is 22.0. The van der Waals surface area contributed by atoms with Gasteiger partial charge in [0.15, 0.2) is 16.7 Å². The lowest BCUT2D eigenvalue weighted by Crippen LogP contribution is -2.29. The van der Waals surface area contributed by atoms with Gasteiger partial charge in [0.1, 0.15) is 0 Å². The minimum absolute atomic E-state index is 0.0791. The maximum Gasteiger partial charge on any atom is 0.271 e. The number of carbonyl (C=O) groups excluding carboxylic acids is 1. The van der Waals surface area contributed by atoms with Gasteiger partial charge < -0.3 is 9.84 Å². The van der Waals surface area contributed by atoms with Gasteiger partial charge in [-0.05, 0) is 61.0 Å². The summed E-state index contributed by atoms with van der Waals surface area (Å²) in [6, 6.07) is 18.5. The Morgan fingerprint density at radius 3 is 2.44 bits per heavy atom. The van der Waals surface area contributed by atoms with Crippen LogP contribution in [0.25, 0.3) is 6.08 Å². The molecule has 0 atom stereocenters. The Kier molecular flexibility index (Phi) is 6.26. The molecule has 3 aromatic carbocycles. The highest BCUT2D eigenvalue weighted by Gasteiger charge is 2.35. The number of para-hydroxylation sites is 2. The normalized spacial score (nSPS) is 16.2. The Morgan fingerprint density at radius 1 is 1.06 bits per heavy atom. The van der Waals surface area contributed by atoms with Crippen LogP contribution in [0.2, 0.25) is 5.02 Å². The molecule has 0 bridgehead atoms. The average molecular weight is 465 g/mol. The van der Waals surface area contributed by atoms with Crippen molar-refractivity contribution < 1.29 is 14.6 Å². The third-order valence-electron chi connectivity index (χ3n) is 5.07. The number of amides is 1. The molecule has 0 saturated carbocycles. The van der Waals surface area contributed by atoms with Crippen LogP contribution in [0.5, 0.6) is 11.5 Å². The van der Waals surface area contributed by atoms with Crippen molar-refractivity contribution >= 4 is 51.9 Å². The minimum atomic E-state index is -0.227. The van der Waals surface area contributed by atoms with Crippen molar-refractivity contribution in [2.45, 2.75) is 13.8 Å². The second kappa shape index (κ2) is 9.10. The number of thioether (sulfide) groups is 1. The molecule has 1 N–H and O–H groups in total. The molecule has 5 nitrogen and oxygen atoms in total. The molecule has 1 fully saturated rings. The van der Waals surface area contributed by atoms with Crippen molar-refractivity contribution in [1.82, 2.24) is 0 Å². The summed E-state index contributed by atoms with van der Waals surface area (Å²) >= 11 is 7.42. The fourth-order valence-electron chi connectivity index (χ4n) is 3.37. The molecule has 0 aliphatic carbocycles. The standard InChI is InChI=1S/C25H21ClN2O3S/c1-15-8-4-6-10-19(15)27-25-28(20-11-7-5-9-16(20)2)24(30)22(32-25)13-17-12-18(26)14-21(31-3)23(17)29/h4-14,29H,1-3H3/b22-13+,27-25?. The summed E-state index contributed by atoms with van der Waals surface area (Å²) in [4.78, 5) is 20.3. The van der Waals surface area contributed by atoms with Gasteiger partial charge >= 0.3 is 0 Å². The van der Waals surface area contributed by atoms with Crippen molar-refractivity contribution in [2.75, 3.05) is 12.0 Å². The maximum atomic E-state index is 13.5. The third kappa shape index (κ3) is 4.24. The van der Waals surface area contributed by atoms with Crippen LogP contribution in [0.3, 0.4) is 0 Å². The van der Waals surface area contributed by atoms with Crippen LogP contribution >= 0.6 is 23.4 Å². The first-order valence-corrected chi connectivity index (χ1v) is 11.1. The lowest BCUT2D eigenvalue weighted by Gasteiger charge is -2.18. The second-order valence-corrected chi connectivity index (χ2v) is 8.71. The number of hydrogen-bond acceptors (Lipinski definition) is 5. The van der Waals surface area contributed by atoms with Crippen LogP contribution in [0, 0.1) is 13.8 Å². The van der Waals surface area contributed by atoms with Gasteiger partial charge in [0.2, 0.25) is 0 Å². The van der Waals surface area contributed by atoms with E-state index >= 15 is 0 Å². The Bertz CT molecular complexity index is 1270. The lowest BCUT2D eigenvalue weighted by atomic mass is 10.1. The van der Waals surface area contributed by atoms with Crippen LogP contribution < -0.4 is 9.64 Å². The van der Waals surface area contributed by atoms with Crippen molar-refractivity contribution in [3.8, 4) is 11.5 Å². The average Bonchev–Trinajstić information content (AvgIpc) is 3.07. The monoisotopic (exact) mass is 464 g/mol. The third-order valence-corrected chi connectivity index (χ3v) is 6.26. The number of hydrogen-bond donors (Lipinski definition) is 1. The molecular weight excluding hydrogens is 444 g/mol. The molecule has 1 aliphatic rings. The number of halogens is 1. The highest BCUT2D eigenvalue weighted by Crippen LogP contribution is 2.41. The second-order valence-electron chi connectivity index (χ2n) is 7.26. The zero-order valence-electron chi connectivity index (χ0n) is 17.8. The van der Waals surface area contributed by atoms with Gasteiger partial charge in [-0.25, -0.2) is 4.99 Å². The zero-order chi connectivity index (χ0) is 22.8. The molecule has 1 amide bonds.